The van der Waals surface area contributed by atoms with Crippen LogP contribution < -0.4 is 5.73 Å². The Morgan fingerprint density at radius 3 is 3.00 bits per heavy atom. The summed E-state index contributed by atoms with van der Waals surface area (Å²) in [5.74, 6) is 0.462. The molecule has 0 aliphatic carbocycles. The Morgan fingerprint density at radius 2 is 2.43 bits per heavy atom. The van der Waals surface area contributed by atoms with Crippen molar-refractivity contribution in [3.8, 4) is 0 Å². The number of rotatable bonds is 6. The van der Waals surface area contributed by atoms with Crippen molar-refractivity contribution in [2.45, 2.75) is 26.2 Å². The van der Waals surface area contributed by atoms with Crippen molar-refractivity contribution in [3.63, 3.8) is 0 Å². The fourth-order valence-electron chi connectivity index (χ4n) is 1.36. The van der Waals surface area contributed by atoms with E-state index in [4.69, 9.17) is 5.73 Å². The van der Waals surface area contributed by atoms with E-state index in [0.29, 0.717) is 18.7 Å². The average molecular weight is 211 g/mol. The van der Waals surface area contributed by atoms with Crippen LogP contribution in [-0.2, 0) is 11.2 Å². The number of hydrogen-bond acceptors (Lipinski definition) is 3. The summed E-state index contributed by atoms with van der Waals surface area (Å²) in [6.45, 7) is 2.57. The average Bonchev–Trinajstić information content (AvgIpc) is 2.67. The minimum atomic E-state index is 0.125. The fourth-order valence-corrected chi connectivity index (χ4v) is 2.07. The molecule has 0 bridgehead atoms. The molecule has 0 aromatic carbocycles. The maximum atomic E-state index is 11.6. The molecule has 78 valence electrons. The molecule has 1 aromatic rings. The van der Waals surface area contributed by atoms with Crippen molar-refractivity contribution in [3.05, 3.63) is 22.4 Å². The van der Waals surface area contributed by atoms with Gasteiger partial charge in [-0.05, 0) is 30.8 Å². The molecule has 2 nitrogen and oxygen atoms in total. The zero-order chi connectivity index (χ0) is 10.4. The molecule has 1 unspecified atom stereocenters. The lowest BCUT2D eigenvalue weighted by Crippen LogP contribution is -2.15. The van der Waals surface area contributed by atoms with Crippen molar-refractivity contribution in [2.24, 2.45) is 11.7 Å². The summed E-state index contributed by atoms with van der Waals surface area (Å²) in [7, 11) is 0. The van der Waals surface area contributed by atoms with Crippen LogP contribution in [0.2, 0.25) is 0 Å². The Balaban J connectivity index is 2.27. The highest BCUT2D eigenvalue weighted by Crippen LogP contribution is 2.13. The topological polar surface area (TPSA) is 43.1 Å². The molecule has 0 aliphatic heterocycles. The van der Waals surface area contributed by atoms with Crippen molar-refractivity contribution >= 4 is 17.1 Å². The van der Waals surface area contributed by atoms with Crippen molar-refractivity contribution in [2.75, 3.05) is 6.54 Å². The van der Waals surface area contributed by atoms with Gasteiger partial charge in [0.15, 0.2) is 0 Å². The first kappa shape index (κ1) is 11.4. The molecule has 0 aliphatic rings. The van der Waals surface area contributed by atoms with Gasteiger partial charge in [-0.15, -0.1) is 11.3 Å². The molecule has 0 spiro atoms. The Hall–Kier alpha value is -0.670. The quantitative estimate of drug-likeness (QED) is 0.784. The molecule has 0 saturated carbocycles. The Labute approximate surface area is 89.1 Å². The van der Waals surface area contributed by atoms with E-state index >= 15 is 0 Å². The summed E-state index contributed by atoms with van der Waals surface area (Å²) < 4.78 is 0. The van der Waals surface area contributed by atoms with Crippen molar-refractivity contribution in [1.82, 2.24) is 0 Å². The monoisotopic (exact) mass is 211 g/mol. The normalized spacial score (nSPS) is 12.7. The fraction of sp³-hybridized carbons (Fsp3) is 0.545. The second-order valence-corrected chi connectivity index (χ2v) is 4.56. The summed E-state index contributed by atoms with van der Waals surface area (Å²) in [6, 6.07) is 4.10. The van der Waals surface area contributed by atoms with Gasteiger partial charge >= 0.3 is 0 Å². The van der Waals surface area contributed by atoms with Gasteiger partial charge in [0.1, 0.15) is 5.78 Å². The number of carbonyl (C=O) groups is 1. The number of hydrogen-bond donors (Lipinski definition) is 1. The van der Waals surface area contributed by atoms with Gasteiger partial charge in [-0.2, -0.15) is 0 Å². The molecule has 2 N–H and O–H groups in total. The first-order valence-corrected chi connectivity index (χ1v) is 5.87. The number of carbonyl (C=O) groups excluding carboxylic acids is 1. The standard InChI is InChI=1S/C11H17NOS/c1-9(6-7-12)11(13)5-4-10-3-2-8-14-10/h2-3,8-9H,4-7,12H2,1H3. The van der Waals surface area contributed by atoms with Gasteiger partial charge in [0, 0.05) is 17.2 Å². The third-order valence-corrected chi connectivity index (χ3v) is 3.28. The third kappa shape index (κ3) is 3.60. The van der Waals surface area contributed by atoms with Crippen LogP contribution in [0.3, 0.4) is 0 Å². The van der Waals surface area contributed by atoms with E-state index < -0.39 is 0 Å². The largest absolute Gasteiger partial charge is 0.330 e. The van der Waals surface area contributed by atoms with E-state index in [2.05, 4.69) is 6.07 Å². The predicted molar refractivity (Wildman–Crippen MR) is 60.5 cm³/mol. The molecule has 0 amide bonds. The summed E-state index contributed by atoms with van der Waals surface area (Å²) >= 11 is 1.71. The van der Waals surface area contributed by atoms with Crippen molar-refractivity contribution < 1.29 is 4.79 Å². The molecule has 0 saturated heterocycles. The second-order valence-electron chi connectivity index (χ2n) is 3.52. The lowest BCUT2D eigenvalue weighted by molar-refractivity contribution is -0.122. The lowest BCUT2D eigenvalue weighted by atomic mass is 9.99. The molecular weight excluding hydrogens is 194 g/mol. The van der Waals surface area contributed by atoms with Crippen LogP contribution >= 0.6 is 11.3 Å². The summed E-state index contributed by atoms with van der Waals surface area (Å²) in [4.78, 5) is 12.9. The number of ketones is 1. The van der Waals surface area contributed by atoms with Crippen molar-refractivity contribution in [1.29, 1.82) is 0 Å². The van der Waals surface area contributed by atoms with Crippen LogP contribution in [-0.4, -0.2) is 12.3 Å². The molecule has 1 aromatic heterocycles. The summed E-state index contributed by atoms with van der Waals surface area (Å²) in [6.07, 6.45) is 2.34. The summed E-state index contributed by atoms with van der Waals surface area (Å²) in [5.41, 5.74) is 5.41. The van der Waals surface area contributed by atoms with E-state index in [-0.39, 0.29) is 5.92 Å². The van der Waals surface area contributed by atoms with Crippen LogP contribution in [0.25, 0.3) is 0 Å². The third-order valence-electron chi connectivity index (χ3n) is 2.35. The highest BCUT2D eigenvalue weighted by Gasteiger charge is 2.11. The zero-order valence-electron chi connectivity index (χ0n) is 8.53. The number of aryl methyl sites for hydroxylation is 1. The molecule has 0 radical (unpaired) electrons. The first-order valence-electron chi connectivity index (χ1n) is 4.99. The van der Waals surface area contributed by atoms with Gasteiger partial charge < -0.3 is 5.73 Å². The number of nitrogens with two attached hydrogens (primary N) is 1. The molecule has 1 heterocycles. The molecule has 1 atom stereocenters. The highest BCUT2D eigenvalue weighted by atomic mass is 32.1. The van der Waals surface area contributed by atoms with Crippen LogP contribution in [0.15, 0.2) is 17.5 Å². The predicted octanol–water partition coefficient (Wildman–Crippen LogP) is 2.23. The van der Waals surface area contributed by atoms with Crippen LogP contribution in [0.4, 0.5) is 0 Å². The van der Waals surface area contributed by atoms with E-state index in [1.165, 1.54) is 4.88 Å². The Bertz CT molecular complexity index is 269. The molecule has 0 fully saturated rings. The molecule has 3 heteroatoms. The number of Topliss-reactive ketones (excluding diaryl/α,β-unsaturated/α-hetero) is 1. The van der Waals surface area contributed by atoms with Gasteiger partial charge in [0.05, 0.1) is 0 Å². The number of thiophene rings is 1. The first-order chi connectivity index (χ1) is 6.74. The zero-order valence-corrected chi connectivity index (χ0v) is 9.35. The lowest BCUT2D eigenvalue weighted by Gasteiger charge is -2.07. The van der Waals surface area contributed by atoms with Gasteiger partial charge in [-0.25, -0.2) is 0 Å². The SMILES string of the molecule is CC(CCN)C(=O)CCc1cccs1. The van der Waals surface area contributed by atoms with E-state index in [0.717, 1.165) is 12.8 Å². The smallest absolute Gasteiger partial charge is 0.136 e. The Kier molecular flexibility index (Phi) is 4.84. The van der Waals surface area contributed by atoms with Gasteiger partial charge in [0.25, 0.3) is 0 Å². The minimum Gasteiger partial charge on any atom is -0.330 e. The van der Waals surface area contributed by atoms with Crippen LogP contribution in [0.5, 0.6) is 0 Å². The maximum Gasteiger partial charge on any atom is 0.136 e. The van der Waals surface area contributed by atoms with E-state index in [9.17, 15) is 4.79 Å². The minimum absolute atomic E-state index is 0.125. The molecule has 14 heavy (non-hydrogen) atoms. The van der Waals surface area contributed by atoms with Crippen LogP contribution in [0.1, 0.15) is 24.6 Å². The van der Waals surface area contributed by atoms with Crippen LogP contribution in [0, 0.1) is 5.92 Å². The van der Waals surface area contributed by atoms with E-state index in [1.807, 2.05) is 18.4 Å². The molecule has 1 rings (SSSR count). The molecular formula is C11H17NOS. The van der Waals surface area contributed by atoms with E-state index in [1.54, 1.807) is 11.3 Å². The second kappa shape index (κ2) is 5.94. The van der Waals surface area contributed by atoms with Gasteiger partial charge in [0.2, 0.25) is 0 Å². The summed E-state index contributed by atoms with van der Waals surface area (Å²) in [5, 5.41) is 2.04. The van der Waals surface area contributed by atoms with Gasteiger partial charge in [-0.3, -0.25) is 4.79 Å². The van der Waals surface area contributed by atoms with Gasteiger partial charge in [-0.1, -0.05) is 13.0 Å². The Morgan fingerprint density at radius 1 is 1.64 bits per heavy atom. The maximum absolute atomic E-state index is 11.6. The highest BCUT2D eigenvalue weighted by molar-refractivity contribution is 7.09.